The van der Waals surface area contributed by atoms with E-state index in [-0.39, 0.29) is 12.1 Å². The second-order valence-corrected chi connectivity index (χ2v) is 5.80. The molecule has 1 N–H and O–H groups in total. The Balaban J connectivity index is 4.79. The molecular weight excluding hydrogens is 232 g/mol. The van der Waals surface area contributed by atoms with Crippen LogP contribution in [-0.2, 0) is 4.79 Å². The highest BCUT2D eigenvalue weighted by Crippen LogP contribution is 2.17. The molecule has 0 aliphatic carbocycles. The van der Waals surface area contributed by atoms with E-state index in [4.69, 9.17) is 5.11 Å². The first-order valence-corrected chi connectivity index (χ1v) is 6.25. The van der Waals surface area contributed by atoms with Crippen LogP contribution in [0.25, 0.3) is 0 Å². The lowest BCUT2D eigenvalue weighted by Gasteiger charge is -2.37. The maximum atomic E-state index is 12.2. The number of likely N-dealkylation sites (N-methyl/N-ethyl adjacent to an activating group) is 1. The average Bonchev–Trinajstić information content (AvgIpc) is 2.24. The van der Waals surface area contributed by atoms with Crippen molar-refractivity contribution in [2.45, 2.75) is 52.6 Å². The summed E-state index contributed by atoms with van der Waals surface area (Å²) >= 11 is 0. The fraction of sp³-hybridized carbons (Fsp3) is 0.846. The maximum Gasteiger partial charge on any atom is 0.329 e. The van der Waals surface area contributed by atoms with Crippen LogP contribution in [0.1, 0.15) is 41.0 Å². The number of aliphatic carboxylic acids is 1. The first kappa shape index (κ1) is 16.7. The Bertz CT molecular complexity index is 313. The second kappa shape index (κ2) is 6.07. The Hall–Kier alpha value is -1.26. The molecule has 18 heavy (non-hydrogen) atoms. The highest BCUT2D eigenvalue weighted by Gasteiger charge is 2.37. The minimum absolute atomic E-state index is 0.0875. The Morgan fingerprint density at radius 3 is 1.94 bits per heavy atom. The minimum Gasteiger partial charge on any atom is -0.480 e. The lowest BCUT2D eigenvalue weighted by Crippen LogP contribution is -2.55. The van der Waals surface area contributed by atoms with Crippen LogP contribution in [0.4, 0.5) is 4.79 Å². The molecule has 1 atom stereocenters. The molecule has 0 bridgehead atoms. The predicted molar refractivity (Wildman–Crippen MR) is 71.6 cm³/mol. The number of carboxylic acid groups (broad SMARTS) is 1. The van der Waals surface area contributed by atoms with Crippen LogP contribution in [0, 0.1) is 5.92 Å². The lowest BCUT2D eigenvalue weighted by atomic mass is 10.0. The zero-order valence-corrected chi connectivity index (χ0v) is 12.5. The van der Waals surface area contributed by atoms with Crippen molar-refractivity contribution < 1.29 is 14.7 Å². The van der Waals surface area contributed by atoms with E-state index in [1.165, 1.54) is 25.8 Å². The zero-order chi connectivity index (χ0) is 14.7. The summed E-state index contributed by atoms with van der Waals surface area (Å²) in [6.07, 6.45) is 0.892. The molecule has 2 amide bonds. The normalized spacial score (nSPS) is 13.3. The van der Waals surface area contributed by atoms with E-state index in [1.54, 1.807) is 11.9 Å². The van der Waals surface area contributed by atoms with Gasteiger partial charge < -0.3 is 14.9 Å². The molecule has 0 spiro atoms. The number of rotatable bonds is 5. The Labute approximate surface area is 110 Å². The number of carbonyl (C=O) groups excluding carboxylic acids is 1. The van der Waals surface area contributed by atoms with E-state index < -0.39 is 11.5 Å². The maximum absolute atomic E-state index is 12.2. The molecule has 0 aliphatic heterocycles. The highest BCUT2D eigenvalue weighted by atomic mass is 16.4. The standard InChI is InChI=1S/C13H26N2O3/c1-9(2)8-10(3)14(6)12(18)15(7)13(4,5)11(16)17/h9-10H,8H2,1-7H3,(H,16,17). The fourth-order valence-corrected chi connectivity index (χ4v) is 1.65. The van der Waals surface area contributed by atoms with Crippen molar-refractivity contribution in [2.75, 3.05) is 14.1 Å². The molecule has 0 aliphatic rings. The van der Waals surface area contributed by atoms with Crippen molar-refractivity contribution in [1.29, 1.82) is 0 Å². The van der Waals surface area contributed by atoms with Crippen LogP contribution in [0.5, 0.6) is 0 Å². The molecule has 0 aromatic carbocycles. The summed E-state index contributed by atoms with van der Waals surface area (Å²) in [7, 11) is 3.23. The average molecular weight is 258 g/mol. The van der Waals surface area contributed by atoms with Gasteiger partial charge in [0.15, 0.2) is 0 Å². The third kappa shape index (κ3) is 3.89. The van der Waals surface area contributed by atoms with Crippen LogP contribution in [0.15, 0.2) is 0 Å². The zero-order valence-electron chi connectivity index (χ0n) is 12.5. The van der Waals surface area contributed by atoms with E-state index >= 15 is 0 Å². The molecule has 0 aromatic heterocycles. The summed E-state index contributed by atoms with van der Waals surface area (Å²) in [6.45, 7) is 9.21. The van der Waals surface area contributed by atoms with Crippen molar-refractivity contribution in [2.24, 2.45) is 5.92 Å². The van der Waals surface area contributed by atoms with Gasteiger partial charge in [0.1, 0.15) is 5.54 Å². The van der Waals surface area contributed by atoms with Crippen molar-refractivity contribution in [1.82, 2.24) is 9.80 Å². The molecule has 0 radical (unpaired) electrons. The van der Waals surface area contributed by atoms with Crippen LogP contribution in [0.2, 0.25) is 0 Å². The molecule has 5 nitrogen and oxygen atoms in total. The first-order valence-electron chi connectivity index (χ1n) is 6.25. The highest BCUT2D eigenvalue weighted by molar-refractivity contribution is 5.85. The van der Waals surface area contributed by atoms with Gasteiger partial charge in [-0.3, -0.25) is 0 Å². The molecule has 5 heteroatoms. The van der Waals surface area contributed by atoms with Crippen LogP contribution in [-0.4, -0.2) is 52.6 Å². The van der Waals surface area contributed by atoms with Crippen molar-refractivity contribution >= 4 is 12.0 Å². The molecule has 0 aromatic rings. The third-order valence-electron chi connectivity index (χ3n) is 3.42. The molecule has 0 heterocycles. The largest absolute Gasteiger partial charge is 0.480 e. The summed E-state index contributed by atoms with van der Waals surface area (Å²) in [5, 5.41) is 9.11. The minimum atomic E-state index is -1.21. The van der Waals surface area contributed by atoms with Gasteiger partial charge in [-0.25, -0.2) is 9.59 Å². The van der Waals surface area contributed by atoms with Gasteiger partial charge in [0, 0.05) is 20.1 Å². The molecule has 0 saturated heterocycles. The number of carbonyl (C=O) groups is 2. The number of nitrogens with zero attached hydrogens (tertiary/aromatic N) is 2. The van der Waals surface area contributed by atoms with E-state index in [0.29, 0.717) is 5.92 Å². The Morgan fingerprint density at radius 1 is 1.17 bits per heavy atom. The third-order valence-corrected chi connectivity index (χ3v) is 3.42. The van der Waals surface area contributed by atoms with Gasteiger partial charge in [-0.2, -0.15) is 0 Å². The quantitative estimate of drug-likeness (QED) is 0.823. The van der Waals surface area contributed by atoms with Gasteiger partial charge >= 0.3 is 12.0 Å². The molecule has 1 unspecified atom stereocenters. The Morgan fingerprint density at radius 2 is 1.61 bits per heavy atom. The van der Waals surface area contributed by atoms with Gasteiger partial charge in [0.25, 0.3) is 0 Å². The topological polar surface area (TPSA) is 60.9 Å². The molecular formula is C13H26N2O3. The van der Waals surface area contributed by atoms with Gasteiger partial charge in [-0.05, 0) is 33.1 Å². The molecule has 106 valence electrons. The van der Waals surface area contributed by atoms with Crippen molar-refractivity contribution in [3.05, 3.63) is 0 Å². The number of amides is 2. The molecule has 0 saturated carbocycles. The van der Waals surface area contributed by atoms with Crippen LogP contribution >= 0.6 is 0 Å². The number of hydrogen-bond donors (Lipinski definition) is 1. The number of carboxylic acids is 1. The molecule has 0 fully saturated rings. The van der Waals surface area contributed by atoms with Crippen molar-refractivity contribution in [3.8, 4) is 0 Å². The van der Waals surface area contributed by atoms with Gasteiger partial charge in [0.2, 0.25) is 0 Å². The van der Waals surface area contributed by atoms with Gasteiger partial charge in [-0.15, -0.1) is 0 Å². The van der Waals surface area contributed by atoms with E-state index in [2.05, 4.69) is 13.8 Å². The summed E-state index contributed by atoms with van der Waals surface area (Å²) in [5.74, 6) is -0.517. The van der Waals surface area contributed by atoms with Crippen molar-refractivity contribution in [3.63, 3.8) is 0 Å². The monoisotopic (exact) mass is 258 g/mol. The second-order valence-electron chi connectivity index (χ2n) is 5.80. The number of hydrogen-bond acceptors (Lipinski definition) is 2. The van der Waals surface area contributed by atoms with Crippen LogP contribution in [0.3, 0.4) is 0 Å². The van der Waals surface area contributed by atoms with E-state index in [9.17, 15) is 9.59 Å². The van der Waals surface area contributed by atoms with Gasteiger partial charge in [0.05, 0.1) is 0 Å². The smallest absolute Gasteiger partial charge is 0.329 e. The van der Waals surface area contributed by atoms with Gasteiger partial charge in [-0.1, -0.05) is 13.8 Å². The first-order chi connectivity index (χ1) is 8.01. The lowest BCUT2D eigenvalue weighted by molar-refractivity contribution is -0.147. The summed E-state index contributed by atoms with van der Waals surface area (Å²) in [6, 6.07) is -0.180. The summed E-state index contributed by atoms with van der Waals surface area (Å²) < 4.78 is 0. The van der Waals surface area contributed by atoms with Crippen LogP contribution < -0.4 is 0 Å². The summed E-state index contributed by atoms with van der Waals surface area (Å²) in [4.78, 5) is 26.2. The van der Waals surface area contributed by atoms with E-state index in [0.717, 1.165) is 6.42 Å². The number of urea groups is 1. The van der Waals surface area contributed by atoms with E-state index in [1.807, 2.05) is 6.92 Å². The predicted octanol–water partition coefficient (Wildman–Crippen LogP) is 2.27. The molecule has 0 rings (SSSR count). The SMILES string of the molecule is CC(C)CC(C)N(C)C(=O)N(C)C(C)(C)C(=O)O. The fourth-order valence-electron chi connectivity index (χ4n) is 1.65. The summed E-state index contributed by atoms with van der Waals surface area (Å²) in [5.41, 5.74) is -1.21. The Kier molecular flexibility index (Phi) is 5.64.